The lowest BCUT2D eigenvalue weighted by molar-refractivity contribution is -0.113. The molecule has 0 bridgehead atoms. The molecule has 2 heterocycles. The largest absolute Gasteiger partial charge is 0.478 e. The van der Waals surface area contributed by atoms with E-state index in [2.05, 4.69) is 30.9 Å². The van der Waals surface area contributed by atoms with Crippen LogP contribution in [0.3, 0.4) is 0 Å². The maximum absolute atomic E-state index is 13.0. The van der Waals surface area contributed by atoms with Gasteiger partial charge in [-0.3, -0.25) is 9.69 Å². The van der Waals surface area contributed by atoms with Crippen molar-refractivity contribution in [2.45, 2.75) is 19.3 Å². The van der Waals surface area contributed by atoms with Crippen molar-refractivity contribution in [2.24, 2.45) is 0 Å². The van der Waals surface area contributed by atoms with Crippen molar-refractivity contribution in [1.29, 1.82) is 0 Å². The molecule has 0 spiro atoms. The second kappa shape index (κ2) is 7.41. The minimum Gasteiger partial charge on any atom is -0.478 e. The van der Waals surface area contributed by atoms with Gasteiger partial charge in [0.15, 0.2) is 4.32 Å². The smallest absolute Gasteiger partial charge is 0.335 e. The Balaban J connectivity index is 1.67. The Morgan fingerprint density at radius 1 is 1.13 bits per heavy atom. The molecule has 2 aliphatic rings. The Morgan fingerprint density at radius 2 is 1.87 bits per heavy atom. The molecular weight excluding hydrogens is 416 g/mol. The zero-order valence-electron chi connectivity index (χ0n) is 16.7. The summed E-state index contributed by atoms with van der Waals surface area (Å²) in [5, 5.41) is 9.22. The maximum atomic E-state index is 13.0. The van der Waals surface area contributed by atoms with E-state index in [9.17, 15) is 14.7 Å². The van der Waals surface area contributed by atoms with E-state index >= 15 is 0 Å². The van der Waals surface area contributed by atoms with Crippen LogP contribution in [0.15, 0.2) is 71.3 Å². The molecule has 1 saturated heterocycles. The monoisotopic (exact) mass is 436 g/mol. The number of aromatic carboxylic acids is 1. The first kappa shape index (κ1) is 20.4. The Hall–Kier alpha value is -2.90. The molecule has 30 heavy (non-hydrogen) atoms. The number of amides is 1. The molecule has 0 aliphatic carbocycles. The fraction of sp³-hybridized carbons (Fsp3) is 0.174. The number of carbonyl (C=O) groups is 2. The molecule has 0 saturated carbocycles. The van der Waals surface area contributed by atoms with Gasteiger partial charge in [-0.2, -0.15) is 0 Å². The van der Waals surface area contributed by atoms with E-state index in [0.29, 0.717) is 14.9 Å². The van der Waals surface area contributed by atoms with Gasteiger partial charge in [-0.1, -0.05) is 62.1 Å². The number of nitrogens with zero attached hydrogens (tertiary/aromatic N) is 2. The van der Waals surface area contributed by atoms with Crippen LogP contribution in [0, 0.1) is 0 Å². The number of fused-ring (bicyclic) bond motifs is 1. The van der Waals surface area contributed by atoms with Gasteiger partial charge in [0.05, 0.1) is 16.2 Å². The van der Waals surface area contributed by atoms with Gasteiger partial charge in [0.1, 0.15) is 0 Å². The van der Waals surface area contributed by atoms with Gasteiger partial charge in [-0.15, -0.1) is 0 Å². The number of thiocarbonyl (C=S) groups is 1. The molecule has 0 unspecified atom stereocenters. The topological polar surface area (TPSA) is 60.9 Å². The lowest BCUT2D eigenvalue weighted by Gasteiger charge is -2.23. The average Bonchev–Trinajstić information content (AvgIpc) is 3.10. The molecule has 4 rings (SSSR count). The Bertz CT molecular complexity index is 1150. The predicted molar refractivity (Wildman–Crippen MR) is 125 cm³/mol. The number of hydrogen-bond acceptors (Lipinski definition) is 5. The summed E-state index contributed by atoms with van der Waals surface area (Å²) in [5.41, 5.74) is 3.86. The van der Waals surface area contributed by atoms with Crippen molar-refractivity contribution < 1.29 is 14.7 Å². The van der Waals surface area contributed by atoms with Crippen LogP contribution in [0.4, 0.5) is 11.4 Å². The number of allylic oxidation sites excluding steroid dienone is 3. The maximum Gasteiger partial charge on any atom is 0.335 e. The summed E-state index contributed by atoms with van der Waals surface area (Å²) < 4.78 is 0.384. The van der Waals surface area contributed by atoms with Gasteiger partial charge in [0, 0.05) is 23.8 Å². The van der Waals surface area contributed by atoms with Gasteiger partial charge in [-0.25, -0.2) is 4.79 Å². The molecule has 1 N–H and O–H groups in total. The molecule has 2 aromatic rings. The Labute approximate surface area is 184 Å². The standard InChI is InChI=1S/C23H20N2O3S2/c1-23(2)16-9-4-5-10-17(16)24(3)19(23)12-11-18-20(26)25(22(29)30-18)15-8-6-7-14(13-15)21(27)28/h4-13H,1-3H3,(H,27,28). The third kappa shape index (κ3) is 3.24. The summed E-state index contributed by atoms with van der Waals surface area (Å²) in [6.07, 6.45) is 3.78. The van der Waals surface area contributed by atoms with Crippen LogP contribution in [0.1, 0.15) is 29.8 Å². The minimum absolute atomic E-state index is 0.111. The number of likely N-dealkylation sites (N-methyl/N-ethyl adjacent to an activating group) is 1. The van der Waals surface area contributed by atoms with Crippen molar-refractivity contribution in [2.75, 3.05) is 16.8 Å². The summed E-state index contributed by atoms with van der Waals surface area (Å²) in [6.45, 7) is 4.33. The third-order valence-corrected chi connectivity index (χ3v) is 6.80. The number of para-hydroxylation sites is 1. The van der Waals surface area contributed by atoms with Gasteiger partial charge < -0.3 is 10.0 Å². The van der Waals surface area contributed by atoms with Crippen LogP contribution in [-0.2, 0) is 10.2 Å². The summed E-state index contributed by atoms with van der Waals surface area (Å²) >= 11 is 6.63. The van der Waals surface area contributed by atoms with Crippen molar-refractivity contribution in [3.05, 3.63) is 82.4 Å². The first-order valence-corrected chi connectivity index (χ1v) is 10.6. The van der Waals surface area contributed by atoms with Crippen LogP contribution in [-0.4, -0.2) is 28.4 Å². The number of carboxylic acids is 1. The highest BCUT2D eigenvalue weighted by Gasteiger charge is 2.38. The van der Waals surface area contributed by atoms with E-state index < -0.39 is 5.97 Å². The molecule has 1 amide bonds. The first-order chi connectivity index (χ1) is 14.2. The Kier molecular flexibility index (Phi) is 5.03. The highest BCUT2D eigenvalue weighted by atomic mass is 32.2. The number of carbonyl (C=O) groups excluding carboxylic acids is 1. The minimum atomic E-state index is -1.05. The van der Waals surface area contributed by atoms with Crippen LogP contribution in [0.5, 0.6) is 0 Å². The lowest BCUT2D eigenvalue weighted by Crippen LogP contribution is -2.27. The van der Waals surface area contributed by atoms with Crippen LogP contribution in [0.25, 0.3) is 0 Å². The second-order valence-corrected chi connectivity index (χ2v) is 9.32. The van der Waals surface area contributed by atoms with E-state index in [1.54, 1.807) is 18.2 Å². The van der Waals surface area contributed by atoms with E-state index in [0.717, 1.165) is 11.4 Å². The van der Waals surface area contributed by atoms with Crippen LogP contribution >= 0.6 is 24.0 Å². The van der Waals surface area contributed by atoms with E-state index in [1.165, 1.54) is 34.4 Å². The summed E-state index contributed by atoms with van der Waals surface area (Å²) in [6, 6.07) is 14.5. The number of rotatable bonds is 3. The number of benzene rings is 2. The highest BCUT2D eigenvalue weighted by Crippen LogP contribution is 2.47. The number of hydrogen-bond donors (Lipinski definition) is 1. The predicted octanol–water partition coefficient (Wildman–Crippen LogP) is 4.94. The lowest BCUT2D eigenvalue weighted by atomic mass is 9.84. The molecule has 0 aromatic heterocycles. The fourth-order valence-electron chi connectivity index (χ4n) is 3.94. The second-order valence-electron chi connectivity index (χ2n) is 7.65. The summed E-state index contributed by atoms with van der Waals surface area (Å²) in [5.74, 6) is -1.30. The van der Waals surface area contributed by atoms with Crippen molar-refractivity contribution in [1.82, 2.24) is 0 Å². The molecule has 0 radical (unpaired) electrons. The molecule has 7 heteroatoms. The average molecular weight is 437 g/mol. The Morgan fingerprint density at radius 3 is 2.57 bits per heavy atom. The molecule has 1 fully saturated rings. The summed E-state index contributed by atoms with van der Waals surface area (Å²) in [7, 11) is 2.02. The quantitative estimate of drug-likeness (QED) is 0.543. The molecule has 5 nitrogen and oxygen atoms in total. The van der Waals surface area contributed by atoms with Gasteiger partial charge >= 0.3 is 5.97 Å². The van der Waals surface area contributed by atoms with Gasteiger partial charge in [0.2, 0.25) is 0 Å². The van der Waals surface area contributed by atoms with E-state index in [1.807, 2.05) is 25.3 Å². The molecule has 2 aliphatic heterocycles. The van der Waals surface area contributed by atoms with E-state index in [-0.39, 0.29) is 16.9 Å². The molecule has 152 valence electrons. The third-order valence-electron chi connectivity index (χ3n) is 5.48. The van der Waals surface area contributed by atoms with E-state index in [4.69, 9.17) is 12.2 Å². The van der Waals surface area contributed by atoms with Crippen LogP contribution < -0.4 is 9.80 Å². The molecular formula is C23H20N2O3S2. The molecule has 0 atom stereocenters. The van der Waals surface area contributed by atoms with Crippen molar-refractivity contribution in [3.8, 4) is 0 Å². The SMILES string of the molecule is CN1C(=CC=C2SC(=S)N(c3cccc(C(=O)O)c3)C2=O)C(C)(C)c2ccccc21. The number of anilines is 2. The fourth-order valence-corrected chi connectivity index (χ4v) is 5.18. The number of thioether (sulfide) groups is 1. The zero-order valence-corrected chi connectivity index (χ0v) is 18.4. The zero-order chi connectivity index (χ0) is 21.6. The van der Waals surface area contributed by atoms with Crippen LogP contribution in [0.2, 0.25) is 0 Å². The van der Waals surface area contributed by atoms with Crippen molar-refractivity contribution >= 4 is 51.6 Å². The normalized spacial score (nSPS) is 20.4. The molecule has 2 aromatic carbocycles. The summed E-state index contributed by atoms with van der Waals surface area (Å²) in [4.78, 5) is 28.3. The number of carboxylic acid groups (broad SMARTS) is 1. The first-order valence-electron chi connectivity index (χ1n) is 9.37. The van der Waals surface area contributed by atoms with Crippen molar-refractivity contribution in [3.63, 3.8) is 0 Å². The highest BCUT2D eigenvalue weighted by molar-refractivity contribution is 8.27. The van der Waals surface area contributed by atoms with Gasteiger partial charge in [-0.05, 0) is 42.0 Å². The van der Waals surface area contributed by atoms with Gasteiger partial charge in [0.25, 0.3) is 5.91 Å².